The number of hydrogen-bond donors (Lipinski definition) is 2. The van der Waals surface area contributed by atoms with E-state index < -0.39 is 5.54 Å². The number of amides is 1. The summed E-state index contributed by atoms with van der Waals surface area (Å²) in [6.45, 7) is 4.41. The van der Waals surface area contributed by atoms with Gasteiger partial charge >= 0.3 is 0 Å². The molecule has 0 aliphatic carbocycles. The van der Waals surface area contributed by atoms with Crippen LogP contribution in [0.15, 0.2) is 0 Å². The molecule has 5 nitrogen and oxygen atoms in total. The van der Waals surface area contributed by atoms with E-state index in [4.69, 9.17) is 10.5 Å². The minimum atomic E-state index is -0.726. The fourth-order valence-corrected chi connectivity index (χ4v) is 2.85. The van der Waals surface area contributed by atoms with E-state index in [0.29, 0.717) is 45.1 Å². The molecule has 0 aromatic carbocycles. The number of likely N-dealkylation sites (tertiary alicyclic amines) is 1. The molecule has 2 fully saturated rings. The fraction of sp³-hybridized carbons (Fsp3) is 0.923. The van der Waals surface area contributed by atoms with Gasteiger partial charge in [-0.1, -0.05) is 0 Å². The zero-order valence-electron chi connectivity index (χ0n) is 11.1. The van der Waals surface area contributed by atoms with E-state index in [9.17, 15) is 9.90 Å². The van der Waals surface area contributed by atoms with Crippen molar-refractivity contribution in [1.82, 2.24) is 4.90 Å². The molecule has 2 rings (SSSR count). The first kappa shape index (κ1) is 13.8. The first-order valence-electron chi connectivity index (χ1n) is 6.87. The van der Waals surface area contributed by atoms with Crippen LogP contribution in [0.25, 0.3) is 0 Å². The largest absolute Gasteiger partial charge is 0.393 e. The molecule has 1 unspecified atom stereocenters. The van der Waals surface area contributed by atoms with Crippen LogP contribution in [0.2, 0.25) is 0 Å². The lowest BCUT2D eigenvalue weighted by Crippen LogP contribution is -2.59. The van der Waals surface area contributed by atoms with E-state index in [1.807, 2.05) is 11.8 Å². The van der Waals surface area contributed by atoms with Gasteiger partial charge in [0.1, 0.15) is 0 Å². The highest BCUT2D eigenvalue weighted by molar-refractivity contribution is 5.86. The van der Waals surface area contributed by atoms with Crippen LogP contribution in [0.3, 0.4) is 0 Å². The van der Waals surface area contributed by atoms with E-state index in [2.05, 4.69) is 0 Å². The Morgan fingerprint density at radius 1 is 1.39 bits per heavy atom. The average molecular weight is 256 g/mol. The van der Waals surface area contributed by atoms with Crippen LogP contribution in [0.5, 0.6) is 0 Å². The molecule has 0 radical (unpaired) electrons. The molecule has 18 heavy (non-hydrogen) atoms. The Hall–Kier alpha value is -0.650. The number of ether oxygens (including phenoxy) is 1. The van der Waals surface area contributed by atoms with Crippen molar-refractivity contribution in [2.75, 3.05) is 26.3 Å². The summed E-state index contributed by atoms with van der Waals surface area (Å²) in [5.41, 5.74) is 5.48. The first-order chi connectivity index (χ1) is 8.53. The van der Waals surface area contributed by atoms with Gasteiger partial charge in [0.25, 0.3) is 0 Å². The summed E-state index contributed by atoms with van der Waals surface area (Å²) < 4.78 is 5.27. The lowest BCUT2D eigenvalue weighted by Gasteiger charge is -2.40. The van der Waals surface area contributed by atoms with Crippen LogP contribution in [0, 0.1) is 5.92 Å². The maximum absolute atomic E-state index is 12.4. The normalized spacial score (nSPS) is 26.9. The Bertz CT molecular complexity index is 293. The van der Waals surface area contributed by atoms with Gasteiger partial charge in [-0.15, -0.1) is 0 Å². The molecular weight excluding hydrogens is 232 g/mol. The fourth-order valence-electron chi connectivity index (χ4n) is 2.85. The molecule has 2 aliphatic rings. The zero-order valence-corrected chi connectivity index (χ0v) is 11.1. The van der Waals surface area contributed by atoms with Crippen LogP contribution >= 0.6 is 0 Å². The number of nitrogens with two attached hydrogens (primary N) is 1. The maximum atomic E-state index is 12.4. The third-order valence-electron chi connectivity index (χ3n) is 4.32. The van der Waals surface area contributed by atoms with Gasteiger partial charge in [0.2, 0.25) is 5.91 Å². The van der Waals surface area contributed by atoms with Gasteiger partial charge in [0, 0.05) is 26.3 Å². The number of hydrogen-bond acceptors (Lipinski definition) is 4. The molecule has 0 aromatic heterocycles. The molecule has 2 heterocycles. The highest BCUT2D eigenvalue weighted by atomic mass is 16.5. The SMILES string of the molecule is CC(O)C1CCN(C(=O)C2(N)CCOCC2)CC1. The lowest BCUT2D eigenvalue weighted by atomic mass is 9.87. The Morgan fingerprint density at radius 2 is 1.94 bits per heavy atom. The van der Waals surface area contributed by atoms with Crippen molar-refractivity contribution >= 4 is 5.91 Å². The van der Waals surface area contributed by atoms with Gasteiger partial charge in [-0.2, -0.15) is 0 Å². The van der Waals surface area contributed by atoms with Gasteiger partial charge in [-0.3, -0.25) is 4.79 Å². The second kappa shape index (κ2) is 5.55. The van der Waals surface area contributed by atoms with Gasteiger partial charge in [0.15, 0.2) is 0 Å². The summed E-state index contributed by atoms with van der Waals surface area (Å²) in [4.78, 5) is 14.3. The van der Waals surface area contributed by atoms with Crippen molar-refractivity contribution in [2.45, 2.75) is 44.2 Å². The van der Waals surface area contributed by atoms with Gasteiger partial charge in [-0.25, -0.2) is 0 Å². The Morgan fingerprint density at radius 3 is 2.44 bits per heavy atom. The number of rotatable bonds is 2. The third-order valence-corrected chi connectivity index (χ3v) is 4.32. The first-order valence-corrected chi connectivity index (χ1v) is 6.87. The minimum Gasteiger partial charge on any atom is -0.393 e. The van der Waals surface area contributed by atoms with E-state index in [0.717, 1.165) is 12.8 Å². The van der Waals surface area contributed by atoms with Crippen molar-refractivity contribution in [3.05, 3.63) is 0 Å². The number of piperidine rings is 1. The second-order valence-electron chi connectivity index (χ2n) is 5.64. The molecule has 104 valence electrons. The van der Waals surface area contributed by atoms with Crippen molar-refractivity contribution in [1.29, 1.82) is 0 Å². The molecule has 0 bridgehead atoms. The summed E-state index contributed by atoms with van der Waals surface area (Å²) in [6, 6.07) is 0. The Labute approximate surface area is 108 Å². The van der Waals surface area contributed by atoms with E-state index in [1.54, 1.807) is 0 Å². The Balaban J connectivity index is 1.90. The summed E-state index contributed by atoms with van der Waals surface area (Å²) in [7, 11) is 0. The summed E-state index contributed by atoms with van der Waals surface area (Å²) in [6.07, 6.45) is 2.69. The maximum Gasteiger partial charge on any atom is 0.242 e. The van der Waals surface area contributed by atoms with E-state index >= 15 is 0 Å². The van der Waals surface area contributed by atoms with Crippen LogP contribution in [-0.4, -0.2) is 53.9 Å². The van der Waals surface area contributed by atoms with Crippen molar-refractivity contribution in [3.63, 3.8) is 0 Å². The predicted octanol–water partition coefficient (Wildman–Crippen LogP) is 0.114. The van der Waals surface area contributed by atoms with E-state index in [1.165, 1.54) is 0 Å². The minimum absolute atomic E-state index is 0.0647. The third kappa shape index (κ3) is 2.84. The summed E-state index contributed by atoms with van der Waals surface area (Å²) in [5, 5.41) is 9.56. The van der Waals surface area contributed by atoms with Crippen molar-refractivity contribution in [3.8, 4) is 0 Å². The van der Waals surface area contributed by atoms with Gasteiger partial charge in [0.05, 0.1) is 11.6 Å². The highest BCUT2D eigenvalue weighted by Gasteiger charge is 2.40. The van der Waals surface area contributed by atoms with Crippen LogP contribution in [-0.2, 0) is 9.53 Å². The standard InChI is InChI=1S/C13H24N2O3/c1-10(16)11-2-6-15(7-3-11)12(17)13(14)4-8-18-9-5-13/h10-11,16H,2-9,14H2,1H3. The quantitative estimate of drug-likeness (QED) is 0.735. The smallest absolute Gasteiger partial charge is 0.242 e. The summed E-state index contributed by atoms with van der Waals surface area (Å²) >= 11 is 0. The van der Waals surface area contributed by atoms with Crippen molar-refractivity contribution in [2.24, 2.45) is 11.7 Å². The predicted molar refractivity (Wildman–Crippen MR) is 68.0 cm³/mol. The molecule has 0 spiro atoms. The highest BCUT2D eigenvalue weighted by Crippen LogP contribution is 2.25. The lowest BCUT2D eigenvalue weighted by molar-refractivity contribution is -0.142. The topological polar surface area (TPSA) is 75.8 Å². The molecule has 1 atom stereocenters. The summed E-state index contributed by atoms with van der Waals surface area (Å²) in [5.74, 6) is 0.382. The molecule has 0 saturated carbocycles. The molecule has 1 amide bonds. The van der Waals surface area contributed by atoms with Gasteiger partial charge in [-0.05, 0) is 38.5 Å². The zero-order chi connectivity index (χ0) is 13.2. The van der Waals surface area contributed by atoms with Crippen LogP contribution in [0.1, 0.15) is 32.6 Å². The van der Waals surface area contributed by atoms with Crippen LogP contribution in [0.4, 0.5) is 0 Å². The van der Waals surface area contributed by atoms with Crippen LogP contribution < -0.4 is 5.73 Å². The average Bonchev–Trinajstić information content (AvgIpc) is 2.39. The molecule has 2 aliphatic heterocycles. The van der Waals surface area contributed by atoms with Gasteiger partial charge < -0.3 is 20.5 Å². The number of carbonyl (C=O) groups is 1. The number of nitrogens with zero attached hydrogens (tertiary/aromatic N) is 1. The molecule has 3 N–H and O–H groups in total. The molecule has 2 saturated heterocycles. The molecular formula is C13H24N2O3. The number of aliphatic hydroxyl groups excluding tert-OH is 1. The Kier molecular flexibility index (Phi) is 4.25. The monoisotopic (exact) mass is 256 g/mol. The second-order valence-corrected chi connectivity index (χ2v) is 5.64. The number of carbonyl (C=O) groups excluding carboxylic acids is 1. The molecule has 5 heteroatoms. The van der Waals surface area contributed by atoms with E-state index in [-0.39, 0.29) is 12.0 Å². The number of aliphatic hydroxyl groups is 1. The molecule has 0 aromatic rings. The van der Waals surface area contributed by atoms with Crippen molar-refractivity contribution < 1.29 is 14.6 Å².